The Morgan fingerprint density at radius 3 is 2.83 bits per heavy atom. The monoisotopic (exact) mass is 255 g/mol. The Labute approximate surface area is 112 Å². The van der Waals surface area contributed by atoms with E-state index in [9.17, 15) is 4.79 Å². The van der Waals surface area contributed by atoms with Crippen molar-refractivity contribution in [2.24, 2.45) is 0 Å². The zero-order chi connectivity index (χ0) is 13.5. The molecule has 0 aliphatic carbocycles. The van der Waals surface area contributed by atoms with Gasteiger partial charge in [0.15, 0.2) is 0 Å². The minimum atomic E-state index is 0.0684. The van der Waals surface area contributed by atoms with E-state index in [2.05, 4.69) is 38.0 Å². The van der Waals surface area contributed by atoms with Gasteiger partial charge in [0, 0.05) is 19.1 Å². The van der Waals surface area contributed by atoms with Crippen LogP contribution in [-0.4, -0.2) is 54.6 Å². The third kappa shape index (κ3) is 4.25. The summed E-state index contributed by atoms with van der Waals surface area (Å²) in [4.78, 5) is 16.4. The molecule has 0 aromatic rings. The summed E-state index contributed by atoms with van der Waals surface area (Å²) < 4.78 is 0. The molecule has 0 spiro atoms. The second-order valence-corrected chi connectivity index (χ2v) is 5.40. The second kappa shape index (κ2) is 7.74. The van der Waals surface area contributed by atoms with Gasteiger partial charge in [0.2, 0.25) is 5.91 Å². The Kier molecular flexibility index (Phi) is 6.65. The molecular formula is C14H29N3O. The van der Waals surface area contributed by atoms with E-state index in [4.69, 9.17) is 0 Å². The molecule has 1 amide bonds. The van der Waals surface area contributed by atoms with Crippen molar-refractivity contribution in [1.29, 1.82) is 0 Å². The molecule has 106 valence electrons. The van der Waals surface area contributed by atoms with Gasteiger partial charge in [-0.05, 0) is 26.8 Å². The molecule has 0 aromatic heterocycles. The van der Waals surface area contributed by atoms with Crippen LogP contribution in [0.3, 0.4) is 0 Å². The molecule has 0 radical (unpaired) electrons. The first-order valence-electron chi connectivity index (χ1n) is 7.32. The normalized spacial score (nSPS) is 21.9. The minimum absolute atomic E-state index is 0.0684. The molecule has 18 heavy (non-hydrogen) atoms. The average Bonchev–Trinajstić information content (AvgIpc) is 2.73. The summed E-state index contributed by atoms with van der Waals surface area (Å²) >= 11 is 0. The van der Waals surface area contributed by atoms with Crippen LogP contribution in [0.2, 0.25) is 0 Å². The van der Waals surface area contributed by atoms with Gasteiger partial charge in [-0.25, -0.2) is 0 Å². The molecule has 1 rings (SSSR count). The number of hydrogen-bond donors (Lipinski definition) is 1. The minimum Gasteiger partial charge on any atom is -0.327 e. The molecule has 4 nitrogen and oxygen atoms in total. The number of likely N-dealkylation sites (N-methyl/N-ethyl adjacent to an activating group) is 1. The maximum absolute atomic E-state index is 12.1. The lowest BCUT2D eigenvalue weighted by atomic mass is 10.1. The first-order valence-corrected chi connectivity index (χ1v) is 7.32. The number of amides is 1. The van der Waals surface area contributed by atoms with Gasteiger partial charge in [-0.3, -0.25) is 10.1 Å². The molecular weight excluding hydrogens is 226 g/mol. The standard InChI is InChI=1S/C14H29N3O/c1-5-7-8-13-14(18)17(11-15-13)10-9-16(4)12(3)6-2/h12-13,15H,5-11H2,1-4H3. The number of nitrogens with one attached hydrogen (secondary N) is 1. The third-order valence-electron chi connectivity index (χ3n) is 4.05. The second-order valence-electron chi connectivity index (χ2n) is 5.40. The van der Waals surface area contributed by atoms with Crippen LogP contribution in [0, 0.1) is 0 Å². The summed E-state index contributed by atoms with van der Waals surface area (Å²) in [5.41, 5.74) is 0. The number of carbonyl (C=O) groups is 1. The molecule has 2 unspecified atom stereocenters. The van der Waals surface area contributed by atoms with Gasteiger partial charge >= 0.3 is 0 Å². The molecule has 2 atom stereocenters. The smallest absolute Gasteiger partial charge is 0.240 e. The molecule has 1 aliphatic heterocycles. The van der Waals surface area contributed by atoms with Crippen LogP contribution in [0.15, 0.2) is 0 Å². The molecule has 1 saturated heterocycles. The highest BCUT2D eigenvalue weighted by Gasteiger charge is 2.30. The highest BCUT2D eigenvalue weighted by molar-refractivity contribution is 5.83. The number of rotatable bonds is 8. The highest BCUT2D eigenvalue weighted by atomic mass is 16.2. The highest BCUT2D eigenvalue weighted by Crippen LogP contribution is 2.10. The SMILES string of the molecule is CCCCC1NCN(CCN(C)C(C)CC)C1=O. The third-order valence-corrected chi connectivity index (χ3v) is 4.05. The maximum atomic E-state index is 12.1. The van der Waals surface area contributed by atoms with E-state index in [0.717, 1.165) is 45.4 Å². The summed E-state index contributed by atoms with van der Waals surface area (Å²) in [6, 6.07) is 0.658. The van der Waals surface area contributed by atoms with Gasteiger partial charge in [-0.15, -0.1) is 0 Å². The largest absolute Gasteiger partial charge is 0.327 e. The van der Waals surface area contributed by atoms with E-state index < -0.39 is 0 Å². The van der Waals surface area contributed by atoms with Crippen LogP contribution < -0.4 is 5.32 Å². The predicted octanol–water partition coefficient (Wildman–Crippen LogP) is 1.66. The summed E-state index contributed by atoms with van der Waals surface area (Å²) in [7, 11) is 2.14. The molecule has 0 aromatic carbocycles. The topological polar surface area (TPSA) is 35.6 Å². The fraction of sp³-hybridized carbons (Fsp3) is 0.929. The zero-order valence-electron chi connectivity index (χ0n) is 12.4. The summed E-state index contributed by atoms with van der Waals surface area (Å²) in [6.07, 6.45) is 4.42. The summed E-state index contributed by atoms with van der Waals surface area (Å²) in [6.45, 7) is 9.12. The Hall–Kier alpha value is -0.610. The van der Waals surface area contributed by atoms with E-state index in [1.165, 1.54) is 0 Å². The van der Waals surface area contributed by atoms with E-state index in [1.807, 2.05) is 4.90 Å². The lowest BCUT2D eigenvalue weighted by Gasteiger charge is -2.26. The van der Waals surface area contributed by atoms with Crippen molar-refractivity contribution in [2.45, 2.75) is 58.5 Å². The fourth-order valence-corrected chi connectivity index (χ4v) is 2.24. The van der Waals surface area contributed by atoms with Crippen molar-refractivity contribution in [1.82, 2.24) is 15.1 Å². The lowest BCUT2D eigenvalue weighted by Crippen LogP contribution is -2.39. The van der Waals surface area contributed by atoms with Crippen LogP contribution in [0.4, 0.5) is 0 Å². The lowest BCUT2D eigenvalue weighted by molar-refractivity contribution is -0.129. The van der Waals surface area contributed by atoms with E-state index >= 15 is 0 Å². The Morgan fingerprint density at radius 2 is 2.22 bits per heavy atom. The van der Waals surface area contributed by atoms with Crippen molar-refractivity contribution in [2.75, 3.05) is 26.8 Å². The fourth-order valence-electron chi connectivity index (χ4n) is 2.24. The quantitative estimate of drug-likeness (QED) is 0.716. The summed E-state index contributed by atoms with van der Waals surface area (Å²) in [5.74, 6) is 0.293. The zero-order valence-corrected chi connectivity index (χ0v) is 12.4. The van der Waals surface area contributed by atoms with Crippen LogP contribution in [-0.2, 0) is 4.79 Å². The van der Waals surface area contributed by atoms with Gasteiger partial charge in [0.1, 0.15) is 0 Å². The van der Waals surface area contributed by atoms with Gasteiger partial charge in [0.25, 0.3) is 0 Å². The van der Waals surface area contributed by atoms with E-state index in [0.29, 0.717) is 11.9 Å². The molecule has 0 saturated carbocycles. The molecule has 1 fully saturated rings. The number of hydrogen-bond acceptors (Lipinski definition) is 3. The van der Waals surface area contributed by atoms with Crippen molar-refractivity contribution >= 4 is 5.91 Å². The number of unbranched alkanes of at least 4 members (excludes halogenated alkanes) is 1. The summed E-state index contributed by atoms with van der Waals surface area (Å²) in [5, 5.41) is 3.32. The number of carbonyl (C=O) groups excluding carboxylic acids is 1. The molecule has 1 aliphatic rings. The Morgan fingerprint density at radius 1 is 1.50 bits per heavy atom. The van der Waals surface area contributed by atoms with Crippen LogP contribution in [0.25, 0.3) is 0 Å². The van der Waals surface area contributed by atoms with Gasteiger partial charge < -0.3 is 9.80 Å². The van der Waals surface area contributed by atoms with E-state index in [1.54, 1.807) is 0 Å². The average molecular weight is 255 g/mol. The van der Waals surface area contributed by atoms with Crippen molar-refractivity contribution in [3.63, 3.8) is 0 Å². The molecule has 1 heterocycles. The molecule has 0 bridgehead atoms. The van der Waals surface area contributed by atoms with E-state index in [-0.39, 0.29) is 6.04 Å². The maximum Gasteiger partial charge on any atom is 0.240 e. The molecule has 1 N–H and O–H groups in total. The van der Waals surface area contributed by atoms with Gasteiger partial charge in [-0.1, -0.05) is 26.7 Å². The number of nitrogens with zero attached hydrogens (tertiary/aromatic N) is 2. The van der Waals surface area contributed by atoms with Gasteiger partial charge in [-0.2, -0.15) is 0 Å². The van der Waals surface area contributed by atoms with Crippen LogP contribution in [0.1, 0.15) is 46.5 Å². The first-order chi connectivity index (χ1) is 8.60. The van der Waals surface area contributed by atoms with Crippen molar-refractivity contribution in [3.8, 4) is 0 Å². The Bertz CT molecular complexity index is 257. The van der Waals surface area contributed by atoms with Crippen LogP contribution >= 0.6 is 0 Å². The van der Waals surface area contributed by atoms with Gasteiger partial charge in [0.05, 0.1) is 12.7 Å². The van der Waals surface area contributed by atoms with Crippen LogP contribution in [0.5, 0.6) is 0 Å². The molecule has 4 heteroatoms. The first kappa shape index (κ1) is 15.4. The van der Waals surface area contributed by atoms with Crippen molar-refractivity contribution < 1.29 is 4.79 Å². The Balaban J connectivity index is 2.30. The predicted molar refractivity (Wildman–Crippen MR) is 75.4 cm³/mol. The van der Waals surface area contributed by atoms with Crippen molar-refractivity contribution in [3.05, 3.63) is 0 Å².